The topological polar surface area (TPSA) is 75.7 Å². The lowest BCUT2D eigenvalue weighted by Crippen LogP contribution is -2.40. The van der Waals surface area contributed by atoms with E-state index in [9.17, 15) is 23.2 Å². The predicted octanol–water partition coefficient (Wildman–Crippen LogP) is 4.65. The molecule has 2 aliphatic rings. The van der Waals surface area contributed by atoms with Crippen molar-refractivity contribution < 1.29 is 27.9 Å². The van der Waals surface area contributed by atoms with Gasteiger partial charge in [-0.2, -0.15) is 0 Å². The van der Waals surface area contributed by atoms with Crippen molar-refractivity contribution >= 4 is 29.0 Å². The maximum Gasteiger partial charge on any atom is 0.340 e. The highest BCUT2D eigenvalue weighted by Gasteiger charge is 2.47. The number of halogens is 2. The van der Waals surface area contributed by atoms with Crippen LogP contribution >= 0.6 is 0 Å². The Hall–Kier alpha value is -3.91. The van der Waals surface area contributed by atoms with Gasteiger partial charge in [-0.1, -0.05) is 18.2 Å². The minimum atomic E-state index is -0.758. The SMILES string of the molecule is O=C(CC(=O)N(c1ccc(F)cc1)c1ccc(F)cc1)c1cccc2c1C(=O)OC21CCNCC1. The smallest absolute Gasteiger partial charge is 0.340 e. The third kappa shape index (κ3) is 4.21. The van der Waals surface area contributed by atoms with Crippen LogP contribution in [-0.2, 0) is 15.1 Å². The number of hydrogen-bond donors (Lipinski definition) is 1. The van der Waals surface area contributed by atoms with Crippen molar-refractivity contribution in [1.82, 2.24) is 5.32 Å². The molecule has 8 heteroatoms. The molecule has 3 aromatic carbocycles. The molecule has 1 N–H and O–H groups in total. The van der Waals surface area contributed by atoms with Gasteiger partial charge in [0.2, 0.25) is 5.91 Å². The summed E-state index contributed by atoms with van der Waals surface area (Å²) in [6.07, 6.45) is 0.656. The van der Waals surface area contributed by atoms with Gasteiger partial charge in [-0.25, -0.2) is 13.6 Å². The number of carbonyl (C=O) groups is 3. The van der Waals surface area contributed by atoms with Crippen LogP contribution in [0.3, 0.4) is 0 Å². The summed E-state index contributed by atoms with van der Waals surface area (Å²) in [5.41, 5.74) is 0.906. The Kier molecular flexibility index (Phi) is 5.90. The molecule has 0 atom stereocenters. The van der Waals surface area contributed by atoms with E-state index in [1.54, 1.807) is 12.1 Å². The largest absolute Gasteiger partial charge is 0.450 e. The molecule has 1 saturated heterocycles. The lowest BCUT2D eigenvalue weighted by molar-refractivity contribution is -0.117. The second-order valence-electron chi connectivity index (χ2n) is 8.64. The average molecular weight is 476 g/mol. The van der Waals surface area contributed by atoms with E-state index in [0.717, 1.165) is 0 Å². The van der Waals surface area contributed by atoms with Gasteiger partial charge in [0.05, 0.1) is 12.0 Å². The molecule has 0 saturated carbocycles. The average Bonchev–Trinajstić information content (AvgIpc) is 3.13. The zero-order chi connectivity index (χ0) is 24.6. The van der Waals surface area contributed by atoms with E-state index in [4.69, 9.17) is 4.74 Å². The molecule has 35 heavy (non-hydrogen) atoms. The molecular formula is C27H22F2N2O4. The molecule has 178 valence electrons. The van der Waals surface area contributed by atoms with E-state index in [0.29, 0.717) is 42.9 Å². The Morgan fingerprint density at radius 2 is 1.46 bits per heavy atom. The number of amides is 1. The third-order valence-electron chi connectivity index (χ3n) is 6.49. The van der Waals surface area contributed by atoms with Crippen LogP contribution in [0, 0.1) is 11.6 Å². The van der Waals surface area contributed by atoms with Crippen LogP contribution in [0.2, 0.25) is 0 Å². The fraction of sp³-hybridized carbons (Fsp3) is 0.222. The number of fused-ring (bicyclic) bond motifs is 2. The Balaban J connectivity index is 1.47. The normalized spacial score (nSPS) is 16.0. The van der Waals surface area contributed by atoms with Crippen molar-refractivity contribution in [2.75, 3.05) is 18.0 Å². The van der Waals surface area contributed by atoms with E-state index in [1.807, 2.05) is 0 Å². The van der Waals surface area contributed by atoms with Crippen LogP contribution in [0.5, 0.6) is 0 Å². The van der Waals surface area contributed by atoms with Crippen LogP contribution in [0.15, 0.2) is 66.7 Å². The summed E-state index contributed by atoms with van der Waals surface area (Å²) in [6.45, 7) is 1.38. The first-order chi connectivity index (χ1) is 16.9. The minimum Gasteiger partial charge on any atom is -0.450 e. The summed E-state index contributed by atoms with van der Waals surface area (Å²) in [7, 11) is 0. The molecule has 0 bridgehead atoms. The van der Waals surface area contributed by atoms with E-state index in [1.165, 1.54) is 59.5 Å². The van der Waals surface area contributed by atoms with Crippen molar-refractivity contribution in [1.29, 1.82) is 0 Å². The molecule has 0 aliphatic carbocycles. The maximum absolute atomic E-state index is 13.5. The molecular weight excluding hydrogens is 454 g/mol. The fourth-order valence-electron chi connectivity index (χ4n) is 4.80. The van der Waals surface area contributed by atoms with Gasteiger partial charge in [-0.3, -0.25) is 14.5 Å². The first-order valence-electron chi connectivity index (χ1n) is 11.3. The summed E-state index contributed by atoms with van der Waals surface area (Å²) >= 11 is 0. The van der Waals surface area contributed by atoms with E-state index >= 15 is 0 Å². The van der Waals surface area contributed by atoms with Gasteiger partial charge in [0.25, 0.3) is 0 Å². The molecule has 0 aromatic heterocycles. The van der Waals surface area contributed by atoms with Crippen molar-refractivity contribution in [3.63, 3.8) is 0 Å². The predicted molar refractivity (Wildman–Crippen MR) is 125 cm³/mol. The van der Waals surface area contributed by atoms with Crippen molar-refractivity contribution in [3.05, 3.63) is 95.1 Å². The van der Waals surface area contributed by atoms with Gasteiger partial charge >= 0.3 is 5.97 Å². The van der Waals surface area contributed by atoms with Gasteiger partial charge in [0.15, 0.2) is 5.78 Å². The fourth-order valence-corrected chi connectivity index (χ4v) is 4.80. The zero-order valence-corrected chi connectivity index (χ0v) is 18.7. The van der Waals surface area contributed by atoms with Gasteiger partial charge in [-0.05, 0) is 61.6 Å². The van der Waals surface area contributed by atoms with Crippen LogP contribution in [-0.4, -0.2) is 30.7 Å². The van der Waals surface area contributed by atoms with Crippen molar-refractivity contribution in [2.24, 2.45) is 0 Å². The van der Waals surface area contributed by atoms with Crippen molar-refractivity contribution in [2.45, 2.75) is 24.9 Å². The highest BCUT2D eigenvalue weighted by molar-refractivity contribution is 6.17. The van der Waals surface area contributed by atoms with Crippen LogP contribution in [0.4, 0.5) is 20.2 Å². The van der Waals surface area contributed by atoms with E-state index < -0.39 is 41.3 Å². The molecule has 1 amide bonds. The van der Waals surface area contributed by atoms with Gasteiger partial charge in [0, 0.05) is 35.3 Å². The molecule has 6 nitrogen and oxygen atoms in total. The Labute approximate surface area is 200 Å². The Bertz CT molecular complexity index is 1250. The summed E-state index contributed by atoms with van der Waals surface area (Å²) < 4.78 is 32.8. The van der Waals surface area contributed by atoms with Gasteiger partial charge < -0.3 is 10.1 Å². The zero-order valence-electron chi connectivity index (χ0n) is 18.7. The molecule has 2 aliphatic heterocycles. The first kappa shape index (κ1) is 22.9. The van der Waals surface area contributed by atoms with Crippen LogP contribution < -0.4 is 10.2 Å². The van der Waals surface area contributed by atoms with Crippen LogP contribution in [0.25, 0.3) is 0 Å². The summed E-state index contributed by atoms with van der Waals surface area (Å²) in [5, 5.41) is 3.24. The number of nitrogens with one attached hydrogen (secondary N) is 1. The monoisotopic (exact) mass is 476 g/mol. The summed E-state index contributed by atoms with van der Waals surface area (Å²) in [5.74, 6) is -2.67. The number of Topliss-reactive ketones (excluding diaryl/α,β-unsaturated/α-hetero) is 1. The van der Waals surface area contributed by atoms with Crippen LogP contribution in [0.1, 0.15) is 45.5 Å². The Morgan fingerprint density at radius 1 is 0.886 bits per heavy atom. The second-order valence-corrected chi connectivity index (χ2v) is 8.64. The number of benzene rings is 3. The number of ether oxygens (including phenoxy) is 1. The van der Waals surface area contributed by atoms with E-state index in [2.05, 4.69) is 5.32 Å². The highest BCUT2D eigenvalue weighted by Crippen LogP contribution is 2.44. The second kappa shape index (κ2) is 9.03. The lowest BCUT2D eigenvalue weighted by Gasteiger charge is -2.33. The van der Waals surface area contributed by atoms with E-state index in [-0.39, 0.29) is 11.1 Å². The lowest BCUT2D eigenvalue weighted by atomic mass is 9.82. The molecule has 1 fully saturated rings. The molecule has 3 aromatic rings. The summed E-state index contributed by atoms with van der Waals surface area (Å²) in [4.78, 5) is 40.7. The minimum absolute atomic E-state index is 0.134. The molecule has 2 heterocycles. The Morgan fingerprint density at radius 3 is 2.03 bits per heavy atom. The first-order valence-corrected chi connectivity index (χ1v) is 11.3. The highest BCUT2D eigenvalue weighted by atomic mass is 19.1. The standard InChI is InChI=1S/C27H22F2N2O4/c28-17-4-8-19(9-5-17)31(20-10-6-18(29)7-11-20)24(33)16-23(32)21-2-1-3-22-25(21)26(34)35-27(22)12-14-30-15-13-27/h1-11,30H,12-16H2. The number of carbonyl (C=O) groups excluding carboxylic acids is 3. The van der Waals surface area contributed by atoms with Gasteiger partial charge in [-0.15, -0.1) is 0 Å². The number of nitrogens with zero attached hydrogens (tertiary/aromatic N) is 1. The number of rotatable bonds is 5. The maximum atomic E-state index is 13.5. The molecule has 0 radical (unpaired) electrons. The number of esters is 1. The molecule has 1 spiro atoms. The number of hydrogen-bond acceptors (Lipinski definition) is 5. The number of anilines is 2. The number of ketones is 1. The molecule has 0 unspecified atom stereocenters. The van der Waals surface area contributed by atoms with Gasteiger partial charge in [0.1, 0.15) is 17.2 Å². The quantitative estimate of drug-likeness (QED) is 0.330. The third-order valence-corrected chi connectivity index (χ3v) is 6.49. The molecule has 5 rings (SSSR count). The number of piperidine rings is 1. The van der Waals surface area contributed by atoms with Crippen molar-refractivity contribution in [3.8, 4) is 0 Å². The summed E-state index contributed by atoms with van der Waals surface area (Å²) in [6, 6.07) is 15.4.